The van der Waals surface area contributed by atoms with Gasteiger partial charge in [-0.25, -0.2) is 0 Å². The Morgan fingerprint density at radius 2 is 2.11 bits per heavy atom. The molecule has 1 rings (SSSR count). The van der Waals surface area contributed by atoms with Crippen LogP contribution in [-0.2, 0) is 4.79 Å². The van der Waals surface area contributed by atoms with Gasteiger partial charge >= 0.3 is 0 Å². The molecule has 0 heterocycles. The average molecular weight is 254 g/mol. The first kappa shape index (κ1) is 15.5. The van der Waals surface area contributed by atoms with Gasteiger partial charge in [-0.2, -0.15) is 0 Å². The summed E-state index contributed by atoms with van der Waals surface area (Å²) in [6.07, 6.45) is 6.71. The van der Waals surface area contributed by atoms with Crippen LogP contribution >= 0.6 is 0 Å². The minimum absolute atomic E-state index is 0.254. The van der Waals surface area contributed by atoms with Gasteiger partial charge in [0.05, 0.1) is 0 Å². The second-order valence-corrected chi connectivity index (χ2v) is 5.69. The molecule has 1 amide bonds. The van der Waals surface area contributed by atoms with Crippen LogP contribution in [0.25, 0.3) is 0 Å². The zero-order chi connectivity index (χ0) is 13.5. The molecule has 0 aromatic heterocycles. The molecule has 0 radical (unpaired) electrons. The smallest absolute Gasteiger partial charge is 0.225 e. The number of rotatable bonds is 6. The first-order chi connectivity index (χ1) is 8.63. The highest BCUT2D eigenvalue weighted by Gasteiger charge is 2.30. The molecule has 0 aromatic rings. The van der Waals surface area contributed by atoms with Gasteiger partial charge in [-0.3, -0.25) is 4.79 Å². The maximum absolute atomic E-state index is 12.6. The van der Waals surface area contributed by atoms with E-state index in [-0.39, 0.29) is 5.92 Å². The Kier molecular flexibility index (Phi) is 6.69. The quantitative estimate of drug-likeness (QED) is 0.792. The highest BCUT2D eigenvalue weighted by Crippen LogP contribution is 2.32. The number of carbonyl (C=O) groups excluding carboxylic acids is 1. The van der Waals surface area contributed by atoms with Crippen molar-refractivity contribution in [2.45, 2.75) is 65.3 Å². The molecular formula is C15H30N2O. The lowest BCUT2D eigenvalue weighted by Crippen LogP contribution is -2.43. The molecule has 1 saturated carbocycles. The van der Waals surface area contributed by atoms with Crippen LogP contribution in [0.2, 0.25) is 0 Å². The van der Waals surface area contributed by atoms with Gasteiger partial charge in [0.25, 0.3) is 0 Å². The summed E-state index contributed by atoms with van der Waals surface area (Å²) in [7, 11) is 0. The molecule has 0 aromatic carbocycles. The molecule has 1 aliphatic carbocycles. The number of amides is 1. The molecule has 106 valence electrons. The normalized spacial score (nSPS) is 25.8. The molecule has 3 unspecified atom stereocenters. The first-order valence-electron chi connectivity index (χ1n) is 7.64. The fourth-order valence-corrected chi connectivity index (χ4v) is 3.15. The Morgan fingerprint density at radius 1 is 1.39 bits per heavy atom. The van der Waals surface area contributed by atoms with E-state index in [9.17, 15) is 4.79 Å². The van der Waals surface area contributed by atoms with Crippen LogP contribution in [0.4, 0.5) is 0 Å². The van der Waals surface area contributed by atoms with E-state index in [2.05, 4.69) is 25.7 Å². The Morgan fingerprint density at radius 3 is 2.67 bits per heavy atom. The zero-order valence-electron chi connectivity index (χ0n) is 12.3. The van der Waals surface area contributed by atoms with Crippen molar-refractivity contribution < 1.29 is 4.79 Å². The van der Waals surface area contributed by atoms with Gasteiger partial charge in [-0.1, -0.05) is 19.8 Å². The van der Waals surface area contributed by atoms with Gasteiger partial charge in [0.15, 0.2) is 0 Å². The fraction of sp³-hybridized carbons (Fsp3) is 0.933. The second-order valence-electron chi connectivity index (χ2n) is 5.69. The molecule has 18 heavy (non-hydrogen) atoms. The highest BCUT2D eigenvalue weighted by molar-refractivity contribution is 5.79. The number of hydrogen-bond acceptors (Lipinski definition) is 2. The van der Waals surface area contributed by atoms with Crippen LogP contribution in [0.3, 0.4) is 0 Å². The van der Waals surface area contributed by atoms with Gasteiger partial charge in [-0.05, 0) is 52.0 Å². The van der Waals surface area contributed by atoms with Crippen LogP contribution in [0.15, 0.2) is 0 Å². The van der Waals surface area contributed by atoms with Gasteiger partial charge < -0.3 is 10.6 Å². The lowest BCUT2D eigenvalue weighted by molar-refractivity contribution is -0.139. The fourth-order valence-electron chi connectivity index (χ4n) is 3.15. The van der Waals surface area contributed by atoms with Crippen molar-refractivity contribution in [1.29, 1.82) is 0 Å². The topological polar surface area (TPSA) is 46.3 Å². The van der Waals surface area contributed by atoms with E-state index in [4.69, 9.17) is 5.73 Å². The molecule has 3 atom stereocenters. The third-order valence-corrected chi connectivity index (χ3v) is 4.45. The minimum Gasteiger partial charge on any atom is -0.340 e. The summed E-state index contributed by atoms with van der Waals surface area (Å²) in [4.78, 5) is 14.6. The van der Waals surface area contributed by atoms with E-state index in [1.807, 2.05) is 0 Å². The van der Waals surface area contributed by atoms with Crippen molar-refractivity contribution in [2.24, 2.45) is 17.6 Å². The Balaban J connectivity index is 2.58. The lowest BCUT2D eigenvalue weighted by Gasteiger charge is -2.35. The van der Waals surface area contributed by atoms with E-state index in [1.165, 1.54) is 12.8 Å². The highest BCUT2D eigenvalue weighted by atomic mass is 16.2. The number of nitrogens with zero attached hydrogens (tertiary/aromatic N) is 1. The molecule has 0 aliphatic heterocycles. The Hall–Kier alpha value is -0.570. The molecule has 0 spiro atoms. The summed E-state index contributed by atoms with van der Waals surface area (Å²) in [5.41, 5.74) is 5.64. The third kappa shape index (κ3) is 3.98. The Labute approximate surface area is 112 Å². The largest absolute Gasteiger partial charge is 0.340 e. The van der Waals surface area contributed by atoms with Crippen molar-refractivity contribution in [1.82, 2.24) is 4.90 Å². The maximum atomic E-state index is 12.6. The number of hydrogen-bond donors (Lipinski definition) is 1. The molecule has 2 N–H and O–H groups in total. The number of nitrogens with two attached hydrogens (primary N) is 1. The maximum Gasteiger partial charge on any atom is 0.225 e. The molecule has 1 aliphatic rings. The predicted molar refractivity (Wildman–Crippen MR) is 76.3 cm³/mol. The van der Waals surface area contributed by atoms with Crippen LogP contribution in [-0.4, -0.2) is 29.9 Å². The molecule has 1 fully saturated rings. The van der Waals surface area contributed by atoms with Gasteiger partial charge in [-0.15, -0.1) is 0 Å². The molecule has 0 bridgehead atoms. The summed E-state index contributed by atoms with van der Waals surface area (Å²) >= 11 is 0. The zero-order valence-corrected chi connectivity index (χ0v) is 12.3. The Bertz CT molecular complexity index is 253. The standard InChI is InChI=1S/C15H30N2O/c1-4-12(3)17(5-2)15(18)14-8-6-7-13(11-14)9-10-16/h12-14H,4-11,16H2,1-3H3. The summed E-state index contributed by atoms with van der Waals surface area (Å²) in [6.45, 7) is 7.99. The summed E-state index contributed by atoms with van der Waals surface area (Å²) < 4.78 is 0. The van der Waals surface area contributed by atoms with Crippen LogP contribution in [0.1, 0.15) is 59.3 Å². The molecule has 0 saturated heterocycles. The average Bonchev–Trinajstić information content (AvgIpc) is 2.40. The van der Waals surface area contributed by atoms with Crippen LogP contribution in [0.5, 0.6) is 0 Å². The number of carbonyl (C=O) groups is 1. The molecule has 3 nitrogen and oxygen atoms in total. The van der Waals surface area contributed by atoms with Gasteiger partial charge in [0, 0.05) is 18.5 Å². The van der Waals surface area contributed by atoms with E-state index in [0.717, 1.165) is 38.8 Å². The SMILES string of the molecule is CCC(C)N(CC)C(=O)C1CCCC(CCN)C1. The van der Waals surface area contributed by atoms with Crippen molar-refractivity contribution in [2.75, 3.05) is 13.1 Å². The molecule has 3 heteroatoms. The van der Waals surface area contributed by atoms with E-state index < -0.39 is 0 Å². The summed E-state index contributed by atoms with van der Waals surface area (Å²) in [6, 6.07) is 0.373. The molecular weight excluding hydrogens is 224 g/mol. The van der Waals surface area contributed by atoms with Gasteiger partial charge in [0.2, 0.25) is 5.91 Å². The monoisotopic (exact) mass is 254 g/mol. The van der Waals surface area contributed by atoms with Crippen molar-refractivity contribution in [3.8, 4) is 0 Å². The first-order valence-corrected chi connectivity index (χ1v) is 7.64. The summed E-state index contributed by atoms with van der Waals surface area (Å²) in [5, 5.41) is 0. The van der Waals surface area contributed by atoms with E-state index >= 15 is 0 Å². The van der Waals surface area contributed by atoms with E-state index in [1.54, 1.807) is 0 Å². The minimum atomic E-state index is 0.254. The van der Waals surface area contributed by atoms with Crippen molar-refractivity contribution >= 4 is 5.91 Å². The lowest BCUT2D eigenvalue weighted by atomic mass is 9.79. The van der Waals surface area contributed by atoms with Crippen molar-refractivity contribution in [3.05, 3.63) is 0 Å². The summed E-state index contributed by atoms with van der Waals surface area (Å²) in [5.74, 6) is 1.31. The van der Waals surface area contributed by atoms with Crippen LogP contribution < -0.4 is 5.73 Å². The predicted octanol–water partition coefficient (Wildman–Crippen LogP) is 2.79. The van der Waals surface area contributed by atoms with Crippen molar-refractivity contribution in [3.63, 3.8) is 0 Å². The van der Waals surface area contributed by atoms with Gasteiger partial charge in [0.1, 0.15) is 0 Å². The second kappa shape index (κ2) is 7.78. The third-order valence-electron chi connectivity index (χ3n) is 4.45. The van der Waals surface area contributed by atoms with Crippen LogP contribution in [0, 0.1) is 11.8 Å². The van der Waals surface area contributed by atoms with E-state index in [0.29, 0.717) is 17.9 Å².